The highest BCUT2D eigenvalue weighted by molar-refractivity contribution is 7.90. The van der Waals surface area contributed by atoms with Gasteiger partial charge in [-0.15, -0.1) is 0 Å². The molecule has 1 heterocycles. The van der Waals surface area contributed by atoms with E-state index in [1.807, 2.05) is 36.4 Å². The van der Waals surface area contributed by atoms with Gasteiger partial charge in [0.1, 0.15) is 5.82 Å². The van der Waals surface area contributed by atoms with Gasteiger partial charge in [-0.3, -0.25) is 0 Å². The fourth-order valence-electron chi connectivity index (χ4n) is 4.30. The predicted octanol–water partition coefficient (Wildman–Crippen LogP) is 4.37. The van der Waals surface area contributed by atoms with E-state index in [9.17, 15) is 8.42 Å². The highest BCUT2D eigenvalue weighted by atomic mass is 32.2. The number of benzene rings is 2. The Labute approximate surface area is 189 Å². The summed E-state index contributed by atoms with van der Waals surface area (Å²) >= 11 is 0. The average Bonchev–Trinajstić information content (AvgIpc) is 2.78. The van der Waals surface area contributed by atoms with E-state index in [-0.39, 0.29) is 5.95 Å². The first kappa shape index (κ1) is 22.1. The minimum Gasteiger partial charge on any atom is -0.383 e. The van der Waals surface area contributed by atoms with Crippen molar-refractivity contribution in [3.63, 3.8) is 0 Å². The third-order valence-electron chi connectivity index (χ3n) is 6.00. The van der Waals surface area contributed by atoms with Gasteiger partial charge < -0.3 is 16.8 Å². The van der Waals surface area contributed by atoms with Crippen LogP contribution in [0.3, 0.4) is 0 Å². The average molecular weight is 452 g/mol. The lowest BCUT2D eigenvalue weighted by Gasteiger charge is -2.24. The minimum atomic E-state index is -3.18. The van der Waals surface area contributed by atoms with E-state index < -0.39 is 9.84 Å². The Balaban J connectivity index is 1.51. The molecule has 0 saturated heterocycles. The summed E-state index contributed by atoms with van der Waals surface area (Å²) < 4.78 is 23.2. The Morgan fingerprint density at radius 3 is 2.22 bits per heavy atom. The predicted molar refractivity (Wildman–Crippen MR) is 129 cm³/mol. The van der Waals surface area contributed by atoms with Crippen LogP contribution in [0, 0.1) is 0 Å². The molecule has 0 amide bonds. The van der Waals surface area contributed by atoms with Crippen molar-refractivity contribution in [2.75, 3.05) is 23.0 Å². The number of hydrogen-bond acceptors (Lipinski definition) is 7. The second-order valence-corrected chi connectivity index (χ2v) is 10.4. The van der Waals surface area contributed by atoms with Gasteiger partial charge in [-0.25, -0.2) is 13.4 Å². The number of rotatable bonds is 6. The van der Waals surface area contributed by atoms with Crippen LogP contribution in [0.1, 0.15) is 49.3 Å². The molecule has 8 heteroatoms. The van der Waals surface area contributed by atoms with Crippen LogP contribution >= 0.6 is 0 Å². The van der Waals surface area contributed by atoms with Gasteiger partial charge in [-0.1, -0.05) is 43.5 Å². The molecular formula is C24H29N5O2S. The molecule has 1 aliphatic carbocycles. The van der Waals surface area contributed by atoms with Gasteiger partial charge in [-0.2, -0.15) is 4.98 Å². The van der Waals surface area contributed by atoms with Crippen molar-refractivity contribution in [1.29, 1.82) is 0 Å². The van der Waals surface area contributed by atoms with Gasteiger partial charge in [0.05, 0.1) is 10.6 Å². The van der Waals surface area contributed by atoms with E-state index in [1.54, 1.807) is 12.1 Å². The SMILES string of the molecule is CS(=O)(=O)c1ccc(CNc2ccc(-c3c(N)nc(N)nc3C3CCCCC3)cc2)cc1. The summed E-state index contributed by atoms with van der Waals surface area (Å²) in [6, 6.07) is 14.9. The zero-order valence-electron chi connectivity index (χ0n) is 18.2. The van der Waals surface area contributed by atoms with Crippen LogP contribution in [0.4, 0.5) is 17.5 Å². The molecular weight excluding hydrogens is 422 g/mol. The number of nitrogens with one attached hydrogen (secondary N) is 1. The van der Waals surface area contributed by atoms with Crippen LogP contribution in [0.2, 0.25) is 0 Å². The summed E-state index contributed by atoms with van der Waals surface area (Å²) in [6.45, 7) is 0.587. The molecule has 1 aliphatic rings. The fraction of sp³-hybridized carbons (Fsp3) is 0.333. The summed E-state index contributed by atoms with van der Waals surface area (Å²) in [5, 5.41) is 3.37. The molecule has 0 atom stereocenters. The molecule has 0 spiro atoms. The van der Waals surface area contributed by atoms with Crippen molar-refractivity contribution in [2.24, 2.45) is 0 Å². The smallest absolute Gasteiger partial charge is 0.222 e. The first-order chi connectivity index (χ1) is 15.3. The van der Waals surface area contributed by atoms with Crippen molar-refractivity contribution in [3.8, 4) is 11.1 Å². The van der Waals surface area contributed by atoms with Crippen LogP contribution in [-0.2, 0) is 16.4 Å². The van der Waals surface area contributed by atoms with E-state index in [0.29, 0.717) is 23.2 Å². The molecule has 1 saturated carbocycles. The maximum Gasteiger partial charge on any atom is 0.222 e. The lowest BCUT2D eigenvalue weighted by Crippen LogP contribution is -2.13. The van der Waals surface area contributed by atoms with Crippen molar-refractivity contribution in [3.05, 3.63) is 59.8 Å². The zero-order chi connectivity index (χ0) is 22.7. The Bertz CT molecular complexity index is 1190. The first-order valence-corrected chi connectivity index (χ1v) is 12.8. The standard InChI is InChI=1S/C24H29N5O2S/c1-32(30,31)20-13-7-16(8-14-20)15-27-19-11-9-17(10-12-19)21-22(18-5-3-2-4-6-18)28-24(26)29-23(21)25/h7-14,18,27H,2-6,15H2,1H3,(H4,25,26,28,29). The third-order valence-corrected chi connectivity index (χ3v) is 7.12. The summed E-state index contributed by atoms with van der Waals surface area (Å²) in [6.07, 6.45) is 7.06. The molecule has 0 bridgehead atoms. The molecule has 4 rings (SSSR count). The van der Waals surface area contributed by atoms with E-state index in [2.05, 4.69) is 15.3 Å². The lowest BCUT2D eigenvalue weighted by atomic mass is 9.84. The van der Waals surface area contributed by atoms with E-state index in [4.69, 9.17) is 11.5 Å². The van der Waals surface area contributed by atoms with E-state index in [1.165, 1.54) is 25.5 Å². The molecule has 2 aromatic carbocycles. The Morgan fingerprint density at radius 2 is 1.59 bits per heavy atom. The topological polar surface area (TPSA) is 124 Å². The van der Waals surface area contributed by atoms with Crippen LogP contribution in [-0.4, -0.2) is 24.6 Å². The van der Waals surface area contributed by atoms with Gasteiger partial charge in [0.15, 0.2) is 9.84 Å². The van der Waals surface area contributed by atoms with Gasteiger partial charge in [0, 0.05) is 30.0 Å². The number of nitrogen functional groups attached to an aromatic ring is 2. The van der Waals surface area contributed by atoms with Crippen LogP contribution in [0.5, 0.6) is 0 Å². The Kier molecular flexibility index (Phi) is 6.32. The molecule has 1 aromatic heterocycles. The van der Waals surface area contributed by atoms with Crippen LogP contribution in [0.25, 0.3) is 11.1 Å². The van der Waals surface area contributed by atoms with Crippen molar-refractivity contribution in [1.82, 2.24) is 9.97 Å². The molecule has 1 fully saturated rings. The largest absolute Gasteiger partial charge is 0.383 e. The number of anilines is 3. The number of nitrogens with two attached hydrogens (primary N) is 2. The minimum absolute atomic E-state index is 0.229. The highest BCUT2D eigenvalue weighted by Crippen LogP contribution is 2.39. The van der Waals surface area contributed by atoms with Crippen molar-refractivity contribution >= 4 is 27.3 Å². The Hall–Kier alpha value is -3.13. The van der Waals surface area contributed by atoms with Crippen molar-refractivity contribution < 1.29 is 8.42 Å². The fourth-order valence-corrected chi connectivity index (χ4v) is 4.93. The monoisotopic (exact) mass is 451 g/mol. The van der Waals surface area contributed by atoms with Crippen LogP contribution in [0.15, 0.2) is 53.4 Å². The molecule has 0 unspecified atom stereocenters. The van der Waals surface area contributed by atoms with E-state index in [0.717, 1.165) is 40.9 Å². The molecule has 168 valence electrons. The molecule has 3 aromatic rings. The second-order valence-electron chi connectivity index (χ2n) is 8.41. The quantitative estimate of drug-likeness (QED) is 0.508. The highest BCUT2D eigenvalue weighted by Gasteiger charge is 2.23. The maximum absolute atomic E-state index is 11.6. The molecule has 7 nitrogen and oxygen atoms in total. The maximum atomic E-state index is 11.6. The van der Waals surface area contributed by atoms with Gasteiger partial charge in [-0.05, 0) is 48.2 Å². The number of aromatic nitrogens is 2. The third kappa shape index (κ3) is 5.02. The summed E-state index contributed by atoms with van der Waals surface area (Å²) in [4.78, 5) is 9.12. The Morgan fingerprint density at radius 1 is 0.938 bits per heavy atom. The van der Waals surface area contributed by atoms with Crippen molar-refractivity contribution in [2.45, 2.75) is 49.5 Å². The summed E-state index contributed by atoms with van der Waals surface area (Å²) in [7, 11) is -3.18. The summed E-state index contributed by atoms with van der Waals surface area (Å²) in [5.74, 6) is 1.01. The number of nitrogens with zero attached hydrogens (tertiary/aromatic N) is 2. The van der Waals surface area contributed by atoms with Gasteiger partial charge in [0.2, 0.25) is 5.95 Å². The molecule has 5 N–H and O–H groups in total. The van der Waals surface area contributed by atoms with E-state index >= 15 is 0 Å². The zero-order valence-corrected chi connectivity index (χ0v) is 19.0. The molecule has 0 aliphatic heterocycles. The van der Waals surface area contributed by atoms with Gasteiger partial charge in [0.25, 0.3) is 0 Å². The molecule has 0 radical (unpaired) electrons. The number of hydrogen-bond donors (Lipinski definition) is 3. The first-order valence-electron chi connectivity index (χ1n) is 10.9. The normalized spacial score (nSPS) is 14.9. The lowest BCUT2D eigenvalue weighted by molar-refractivity contribution is 0.437. The van der Waals surface area contributed by atoms with Gasteiger partial charge >= 0.3 is 0 Å². The number of sulfone groups is 1. The second kappa shape index (κ2) is 9.16. The summed E-state index contributed by atoms with van der Waals surface area (Å²) in [5.41, 5.74) is 17.0. The molecule has 32 heavy (non-hydrogen) atoms. The van der Waals surface area contributed by atoms with Crippen LogP contribution < -0.4 is 16.8 Å².